The number of carbonyl (C=O) groups is 3. The molecule has 0 saturated heterocycles. The van der Waals surface area contributed by atoms with Gasteiger partial charge in [-0.3, -0.25) is 30.2 Å². The molecule has 9 heteroatoms. The lowest BCUT2D eigenvalue weighted by Crippen LogP contribution is -2.42. The number of furan rings is 1. The maximum Gasteiger partial charge on any atom is 0.305 e. The van der Waals surface area contributed by atoms with Crippen LogP contribution in [-0.4, -0.2) is 28.4 Å². The molecule has 9 nitrogen and oxygen atoms in total. The van der Waals surface area contributed by atoms with Crippen molar-refractivity contribution in [1.29, 1.82) is 0 Å². The van der Waals surface area contributed by atoms with Gasteiger partial charge >= 0.3 is 5.91 Å². The van der Waals surface area contributed by atoms with Crippen molar-refractivity contribution >= 4 is 23.4 Å². The third-order valence-electron chi connectivity index (χ3n) is 5.27. The van der Waals surface area contributed by atoms with Crippen molar-refractivity contribution in [1.82, 2.24) is 21.3 Å². The van der Waals surface area contributed by atoms with Crippen LogP contribution >= 0.6 is 0 Å². The smallest absolute Gasteiger partial charge is 0.305 e. The van der Waals surface area contributed by atoms with E-state index in [1.165, 1.54) is 6.20 Å². The molecular weight excluding hydrogens is 422 g/mol. The van der Waals surface area contributed by atoms with E-state index < -0.39 is 5.91 Å². The molecule has 0 fully saturated rings. The number of aryl methyl sites for hydroxylation is 1. The molecule has 4 rings (SSSR count). The van der Waals surface area contributed by atoms with Gasteiger partial charge in [-0.15, -0.1) is 0 Å². The van der Waals surface area contributed by atoms with Crippen molar-refractivity contribution in [2.24, 2.45) is 5.10 Å². The third-order valence-corrected chi connectivity index (χ3v) is 5.27. The number of pyridine rings is 1. The van der Waals surface area contributed by atoms with Crippen molar-refractivity contribution in [2.45, 2.75) is 32.6 Å². The zero-order chi connectivity index (χ0) is 23.2. The number of carbonyl (C=O) groups excluding carboxylic acids is 3. The Bertz CT molecular complexity index is 1200. The van der Waals surface area contributed by atoms with Crippen molar-refractivity contribution in [3.05, 3.63) is 88.6 Å². The number of hydrazone groups is 1. The lowest BCUT2D eigenvalue weighted by molar-refractivity contribution is -0.121. The summed E-state index contributed by atoms with van der Waals surface area (Å²) in [6.45, 7) is 1.76. The fraction of sp³-hybridized carbons (Fsp3) is 0.208. The van der Waals surface area contributed by atoms with Crippen molar-refractivity contribution in [2.75, 3.05) is 0 Å². The first-order valence-electron chi connectivity index (χ1n) is 10.6. The van der Waals surface area contributed by atoms with Gasteiger partial charge in [-0.25, -0.2) is 5.43 Å². The summed E-state index contributed by atoms with van der Waals surface area (Å²) < 4.78 is 5.80. The van der Waals surface area contributed by atoms with E-state index in [0.717, 1.165) is 12.0 Å². The molecule has 3 N–H and O–H groups in total. The molecule has 2 heterocycles. The minimum Gasteiger partial charge on any atom is -0.455 e. The normalized spacial score (nSPS) is 13.8. The molecule has 1 aromatic carbocycles. The summed E-state index contributed by atoms with van der Waals surface area (Å²) in [7, 11) is 0. The topological polar surface area (TPSA) is 126 Å². The highest BCUT2D eigenvalue weighted by molar-refractivity contribution is 6.07. The molecule has 3 amide bonds. The Balaban J connectivity index is 1.44. The van der Waals surface area contributed by atoms with E-state index in [9.17, 15) is 14.4 Å². The van der Waals surface area contributed by atoms with Crippen molar-refractivity contribution < 1.29 is 18.8 Å². The summed E-state index contributed by atoms with van der Waals surface area (Å²) in [5, 5.41) is 4.28. The molecule has 0 unspecified atom stereocenters. The summed E-state index contributed by atoms with van der Waals surface area (Å²) in [4.78, 5) is 41.0. The number of hydrazine groups is 1. The van der Waals surface area contributed by atoms with Gasteiger partial charge in [0.2, 0.25) is 5.91 Å². The van der Waals surface area contributed by atoms with Crippen LogP contribution in [0.5, 0.6) is 0 Å². The predicted octanol–water partition coefficient (Wildman–Crippen LogP) is 2.46. The highest BCUT2D eigenvalue weighted by atomic mass is 16.4. The molecule has 0 aliphatic heterocycles. The maximum absolute atomic E-state index is 12.7. The Labute approximate surface area is 190 Å². The van der Waals surface area contributed by atoms with Crippen LogP contribution in [0.2, 0.25) is 0 Å². The summed E-state index contributed by atoms with van der Waals surface area (Å²) >= 11 is 0. The molecule has 2 aromatic heterocycles. The fourth-order valence-electron chi connectivity index (χ4n) is 3.69. The predicted molar refractivity (Wildman–Crippen MR) is 120 cm³/mol. The van der Waals surface area contributed by atoms with E-state index in [2.05, 4.69) is 26.4 Å². The second-order valence-corrected chi connectivity index (χ2v) is 7.61. The number of rotatable bonds is 5. The standard InChI is InChI=1S/C24H23N5O4/c1-15-21-18(26-28-23(31)17-9-6-12-25-14-17)10-5-11-19(21)33-22(15)24(32)29-27-20(30)13-16-7-3-2-4-8-16/h2-4,6-9,12,14H,5,10-11,13H2,1H3,(H,27,30)(H,28,31)(H,29,32)/b26-18+. The van der Waals surface area contributed by atoms with E-state index in [1.807, 2.05) is 30.3 Å². The highest BCUT2D eigenvalue weighted by Crippen LogP contribution is 2.29. The third kappa shape index (κ3) is 5.15. The van der Waals surface area contributed by atoms with Gasteiger partial charge in [-0.05, 0) is 37.5 Å². The van der Waals surface area contributed by atoms with Crippen LogP contribution in [0.1, 0.15) is 56.2 Å². The van der Waals surface area contributed by atoms with Crippen LogP contribution < -0.4 is 16.3 Å². The zero-order valence-electron chi connectivity index (χ0n) is 18.1. The van der Waals surface area contributed by atoms with Crippen LogP contribution in [0.3, 0.4) is 0 Å². The van der Waals surface area contributed by atoms with Crippen LogP contribution in [-0.2, 0) is 17.6 Å². The molecule has 0 radical (unpaired) electrons. The van der Waals surface area contributed by atoms with Crippen LogP contribution in [0, 0.1) is 6.92 Å². The van der Waals surface area contributed by atoms with Crippen molar-refractivity contribution in [3.8, 4) is 0 Å². The Kier molecular flexibility index (Phi) is 6.58. The van der Waals surface area contributed by atoms with E-state index >= 15 is 0 Å². The van der Waals surface area contributed by atoms with Gasteiger partial charge in [0.15, 0.2) is 5.76 Å². The Morgan fingerprint density at radius 3 is 2.61 bits per heavy atom. The van der Waals surface area contributed by atoms with Gasteiger partial charge in [0.05, 0.1) is 17.7 Å². The molecule has 1 aliphatic rings. The molecule has 1 aliphatic carbocycles. The van der Waals surface area contributed by atoms with E-state index in [4.69, 9.17) is 4.42 Å². The fourth-order valence-corrected chi connectivity index (χ4v) is 3.69. The average molecular weight is 445 g/mol. The highest BCUT2D eigenvalue weighted by Gasteiger charge is 2.28. The van der Waals surface area contributed by atoms with Crippen LogP contribution in [0.4, 0.5) is 0 Å². The van der Waals surface area contributed by atoms with E-state index in [-0.39, 0.29) is 24.0 Å². The first-order valence-corrected chi connectivity index (χ1v) is 10.6. The number of hydrogen-bond donors (Lipinski definition) is 3. The summed E-state index contributed by atoms with van der Waals surface area (Å²) in [5.41, 5.74) is 10.6. The number of amides is 3. The summed E-state index contributed by atoms with van der Waals surface area (Å²) in [5.74, 6) is -0.531. The number of aromatic nitrogens is 1. The Morgan fingerprint density at radius 2 is 1.85 bits per heavy atom. The zero-order valence-corrected chi connectivity index (χ0v) is 18.1. The van der Waals surface area contributed by atoms with Gasteiger partial charge in [-0.2, -0.15) is 5.10 Å². The summed E-state index contributed by atoms with van der Waals surface area (Å²) in [6, 6.07) is 12.5. The van der Waals surface area contributed by atoms with Gasteiger partial charge in [0, 0.05) is 29.9 Å². The van der Waals surface area contributed by atoms with Gasteiger partial charge in [-0.1, -0.05) is 30.3 Å². The first-order chi connectivity index (χ1) is 16.0. The number of nitrogens with one attached hydrogen (secondary N) is 3. The number of hydrogen-bond acceptors (Lipinski definition) is 6. The average Bonchev–Trinajstić information content (AvgIpc) is 3.19. The largest absolute Gasteiger partial charge is 0.455 e. The van der Waals surface area contributed by atoms with E-state index in [1.54, 1.807) is 25.3 Å². The number of fused-ring (bicyclic) bond motifs is 1. The first kappa shape index (κ1) is 21.9. The SMILES string of the molecule is Cc1c(C(=O)NNC(=O)Cc2ccccc2)oc2c1/C(=N/NC(=O)c1cccnc1)CCC2. The van der Waals surface area contributed by atoms with Crippen LogP contribution in [0.25, 0.3) is 0 Å². The van der Waals surface area contributed by atoms with Gasteiger partial charge in [0.1, 0.15) is 5.76 Å². The quantitative estimate of drug-likeness (QED) is 0.520. The van der Waals surface area contributed by atoms with Crippen LogP contribution in [0.15, 0.2) is 64.4 Å². The number of nitrogens with zero attached hydrogens (tertiary/aromatic N) is 2. The molecule has 0 atom stereocenters. The molecule has 0 bridgehead atoms. The second-order valence-electron chi connectivity index (χ2n) is 7.61. The van der Waals surface area contributed by atoms with Crippen molar-refractivity contribution in [3.63, 3.8) is 0 Å². The lowest BCUT2D eigenvalue weighted by Gasteiger charge is -2.13. The molecular formula is C24H23N5O4. The van der Waals surface area contributed by atoms with Gasteiger partial charge in [0.25, 0.3) is 5.91 Å². The monoisotopic (exact) mass is 445 g/mol. The molecule has 168 valence electrons. The number of benzene rings is 1. The minimum absolute atomic E-state index is 0.105. The summed E-state index contributed by atoms with van der Waals surface area (Å²) in [6.07, 6.45) is 5.24. The minimum atomic E-state index is -0.554. The van der Waals surface area contributed by atoms with Gasteiger partial charge < -0.3 is 4.42 Å². The molecule has 0 saturated carbocycles. The van der Waals surface area contributed by atoms with E-state index in [0.29, 0.717) is 41.0 Å². The molecule has 33 heavy (non-hydrogen) atoms. The molecule has 3 aromatic rings. The molecule has 0 spiro atoms. The maximum atomic E-state index is 12.7. The lowest BCUT2D eigenvalue weighted by atomic mass is 9.93. The second kappa shape index (κ2) is 9.90. The Hall–Kier alpha value is -4.27. The Morgan fingerprint density at radius 1 is 1.03 bits per heavy atom.